The molecule has 0 aliphatic carbocycles. The number of phenols is 1. The Morgan fingerprint density at radius 3 is 2.38 bits per heavy atom. The SMILES string of the molecule is Cc1cccn2c(=O)cc(COC(=O)c3ccc(-c4ccc(O)cc4)cc3)nc12. The Morgan fingerprint density at radius 2 is 1.69 bits per heavy atom. The van der Waals surface area contributed by atoms with Crippen LogP contribution in [0.15, 0.2) is 77.7 Å². The minimum absolute atomic E-state index is 0.0847. The topological polar surface area (TPSA) is 80.9 Å². The highest BCUT2D eigenvalue weighted by atomic mass is 16.5. The molecule has 144 valence electrons. The standard InChI is InChI=1S/C23H18N2O4/c1-15-3-2-12-25-21(27)13-19(24-22(15)25)14-29-23(28)18-6-4-16(5-7-18)17-8-10-20(26)11-9-17/h2-13,26H,14H2,1H3. The molecule has 0 spiro atoms. The zero-order valence-electron chi connectivity index (χ0n) is 15.7. The van der Waals surface area contributed by atoms with Crippen molar-refractivity contribution >= 4 is 11.6 Å². The number of rotatable bonds is 4. The van der Waals surface area contributed by atoms with Crippen LogP contribution >= 0.6 is 0 Å². The summed E-state index contributed by atoms with van der Waals surface area (Å²) in [5, 5.41) is 9.38. The first-order valence-corrected chi connectivity index (χ1v) is 9.06. The van der Waals surface area contributed by atoms with Gasteiger partial charge in [-0.05, 0) is 53.9 Å². The molecule has 0 saturated carbocycles. The average Bonchev–Trinajstić information content (AvgIpc) is 2.73. The summed E-state index contributed by atoms with van der Waals surface area (Å²) < 4.78 is 6.80. The Hall–Kier alpha value is -3.93. The number of carbonyl (C=O) groups excluding carboxylic acids is 1. The molecular formula is C23H18N2O4. The van der Waals surface area contributed by atoms with Gasteiger partial charge < -0.3 is 9.84 Å². The Morgan fingerprint density at radius 1 is 1.03 bits per heavy atom. The van der Waals surface area contributed by atoms with Crippen LogP contribution in [0.25, 0.3) is 16.8 Å². The van der Waals surface area contributed by atoms with Gasteiger partial charge in [-0.25, -0.2) is 9.78 Å². The minimum atomic E-state index is -0.492. The van der Waals surface area contributed by atoms with Crippen molar-refractivity contribution < 1.29 is 14.6 Å². The quantitative estimate of drug-likeness (QED) is 0.541. The smallest absolute Gasteiger partial charge is 0.338 e. The number of aromatic hydroxyl groups is 1. The monoisotopic (exact) mass is 386 g/mol. The van der Waals surface area contributed by atoms with E-state index in [4.69, 9.17) is 4.74 Å². The number of hydrogen-bond acceptors (Lipinski definition) is 5. The van der Waals surface area contributed by atoms with Crippen molar-refractivity contribution in [2.75, 3.05) is 0 Å². The lowest BCUT2D eigenvalue weighted by molar-refractivity contribution is 0.0467. The molecule has 0 fully saturated rings. The molecule has 0 saturated heterocycles. The normalized spacial score (nSPS) is 10.8. The van der Waals surface area contributed by atoms with Gasteiger partial charge in [0.2, 0.25) is 0 Å². The molecule has 0 radical (unpaired) electrons. The van der Waals surface area contributed by atoms with Crippen LogP contribution in [0.1, 0.15) is 21.6 Å². The molecule has 1 N–H and O–H groups in total. The van der Waals surface area contributed by atoms with Gasteiger partial charge in [0.15, 0.2) is 0 Å². The molecule has 6 heteroatoms. The minimum Gasteiger partial charge on any atom is -0.508 e. The molecule has 4 aromatic rings. The van der Waals surface area contributed by atoms with Gasteiger partial charge in [-0.2, -0.15) is 0 Å². The number of phenolic OH excluding ortho intramolecular Hbond substituents is 1. The highest BCUT2D eigenvalue weighted by molar-refractivity contribution is 5.90. The van der Waals surface area contributed by atoms with E-state index in [1.165, 1.54) is 10.5 Å². The molecule has 29 heavy (non-hydrogen) atoms. The molecule has 0 amide bonds. The van der Waals surface area contributed by atoms with Crippen LogP contribution in [-0.4, -0.2) is 20.5 Å². The predicted octanol–water partition coefficient (Wildman–Crippen LogP) is 3.73. The van der Waals surface area contributed by atoms with Crippen molar-refractivity contribution in [2.45, 2.75) is 13.5 Å². The van der Waals surface area contributed by atoms with E-state index in [9.17, 15) is 14.7 Å². The first kappa shape index (κ1) is 18.4. The van der Waals surface area contributed by atoms with E-state index in [1.807, 2.05) is 25.1 Å². The average molecular weight is 386 g/mol. The molecule has 0 aliphatic heterocycles. The van der Waals surface area contributed by atoms with Crippen molar-refractivity contribution in [1.29, 1.82) is 0 Å². The van der Waals surface area contributed by atoms with Crippen LogP contribution < -0.4 is 5.56 Å². The molecule has 0 aliphatic rings. The van der Waals surface area contributed by atoms with Crippen LogP contribution in [-0.2, 0) is 11.3 Å². The van der Waals surface area contributed by atoms with Gasteiger partial charge >= 0.3 is 5.97 Å². The van der Waals surface area contributed by atoms with Crippen LogP contribution in [0.3, 0.4) is 0 Å². The third-order valence-corrected chi connectivity index (χ3v) is 4.61. The van der Waals surface area contributed by atoms with Gasteiger partial charge in [0, 0.05) is 12.3 Å². The van der Waals surface area contributed by atoms with E-state index in [0.29, 0.717) is 16.9 Å². The number of aromatic nitrogens is 2. The van der Waals surface area contributed by atoms with Crippen LogP contribution in [0, 0.1) is 6.92 Å². The molecule has 4 rings (SSSR count). The first-order chi connectivity index (χ1) is 14.0. The Balaban J connectivity index is 1.48. The fourth-order valence-corrected chi connectivity index (χ4v) is 3.06. The number of nitrogens with zero attached hydrogens (tertiary/aromatic N) is 2. The number of benzene rings is 2. The molecular weight excluding hydrogens is 368 g/mol. The van der Waals surface area contributed by atoms with E-state index < -0.39 is 5.97 Å². The number of ether oxygens (including phenoxy) is 1. The Kier molecular flexibility index (Phi) is 4.83. The third kappa shape index (κ3) is 3.87. The summed E-state index contributed by atoms with van der Waals surface area (Å²) in [5.41, 5.74) is 3.84. The van der Waals surface area contributed by atoms with Gasteiger partial charge in [0.05, 0.1) is 11.3 Å². The largest absolute Gasteiger partial charge is 0.508 e. The van der Waals surface area contributed by atoms with E-state index in [2.05, 4.69) is 4.98 Å². The fourth-order valence-electron chi connectivity index (χ4n) is 3.06. The van der Waals surface area contributed by atoms with Crippen molar-refractivity contribution in [1.82, 2.24) is 9.38 Å². The first-order valence-electron chi connectivity index (χ1n) is 9.06. The van der Waals surface area contributed by atoms with Gasteiger partial charge in [0.25, 0.3) is 5.56 Å². The zero-order chi connectivity index (χ0) is 20.4. The van der Waals surface area contributed by atoms with Gasteiger partial charge in [0.1, 0.15) is 18.0 Å². The fraction of sp³-hybridized carbons (Fsp3) is 0.0870. The molecule has 2 heterocycles. The second kappa shape index (κ2) is 7.59. The second-order valence-corrected chi connectivity index (χ2v) is 6.67. The van der Waals surface area contributed by atoms with Crippen LogP contribution in [0.5, 0.6) is 5.75 Å². The van der Waals surface area contributed by atoms with Crippen molar-refractivity contribution in [2.24, 2.45) is 0 Å². The van der Waals surface area contributed by atoms with E-state index in [-0.39, 0.29) is 17.9 Å². The summed E-state index contributed by atoms with van der Waals surface area (Å²) in [6.07, 6.45) is 1.66. The lowest BCUT2D eigenvalue weighted by atomic mass is 10.0. The van der Waals surface area contributed by atoms with Crippen molar-refractivity contribution in [3.8, 4) is 16.9 Å². The van der Waals surface area contributed by atoms with E-state index >= 15 is 0 Å². The highest BCUT2D eigenvalue weighted by Gasteiger charge is 2.10. The molecule has 2 aromatic heterocycles. The van der Waals surface area contributed by atoms with Gasteiger partial charge in [-0.3, -0.25) is 9.20 Å². The molecule has 0 unspecified atom stereocenters. The molecule has 6 nitrogen and oxygen atoms in total. The number of fused-ring (bicyclic) bond motifs is 1. The maximum Gasteiger partial charge on any atom is 0.338 e. The summed E-state index contributed by atoms with van der Waals surface area (Å²) in [6.45, 7) is 1.78. The Labute approximate surface area is 166 Å². The zero-order valence-corrected chi connectivity index (χ0v) is 15.7. The second-order valence-electron chi connectivity index (χ2n) is 6.67. The van der Waals surface area contributed by atoms with Crippen molar-refractivity contribution in [3.63, 3.8) is 0 Å². The number of pyridine rings is 1. The van der Waals surface area contributed by atoms with Crippen molar-refractivity contribution in [3.05, 3.63) is 100 Å². The Bertz CT molecular complexity index is 1240. The maximum atomic E-state index is 12.4. The molecule has 0 bridgehead atoms. The summed E-state index contributed by atoms with van der Waals surface area (Å²) in [7, 11) is 0. The van der Waals surface area contributed by atoms with Gasteiger partial charge in [-0.1, -0.05) is 30.3 Å². The number of esters is 1. The van der Waals surface area contributed by atoms with Crippen LogP contribution in [0.4, 0.5) is 0 Å². The lowest BCUT2D eigenvalue weighted by Gasteiger charge is -2.08. The summed E-state index contributed by atoms with van der Waals surface area (Å²) in [4.78, 5) is 29.0. The number of carbonyl (C=O) groups is 1. The van der Waals surface area contributed by atoms with Crippen LogP contribution in [0.2, 0.25) is 0 Å². The summed E-state index contributed by atoms with van der Waals surface area (Å²) in [6, 6.07) is 18.8. The summed E-state index contributed by atoms with van der Waals surface area (Å²) in [5.74, 6) is -0.292. The van der Waals surface area contributed by atoms with E-state index in [1.54, 1.807) is 48.7 Å². The maximum absolute atomic E-state index is 12.4. The molecule has 2 aromatic carbocycles. The number of aryl methyl sites for hydroxylation is 1. The third-order valence-electron chi connectivity index (χ3n) is 4.61. The highest BCUT2D eigenvalue weighted by Crippen LogP contribution is 2.22. The van der Waals surface area contributed by atoms with Gasteiger partial charge in [-0.15, -0.1) is 0 Å². The lowest BCUT2D eigenvalue weighted by Crippen LogP contribution is -2.17. The number of hydrogen-bond donors (Lipinski definition) is 1. The molecule has 0 atom stereocenters. The predicted molar refractivity (Wildman–Crippen MR) is 109 cm³/mol. The summed E-state index contributed by atoms with van der Waals surface area (Å²) >= 11 is 0. The van der Waals surface area contributed by atoms with E-state index in [0.717, 1.165) is 16.7 Å².